The Balaban J connectivity index is 1.09. The summed E-state index contributed by atoms with van der Waals surface area (Å²) in [5.41, 5.74) is 5.99. The van der Waals surface area contributed by atoms with Gasteiger partial charge in [-0.25, -0.2) is 0 Å². The van der Waals surface area contributed by atoms with Gasteiger partial charge in [0.1, 0.15) is 0 Å². The van der Waals surface area contributed by atoms with Gasteiger partial charge in [-0.2, -0.15) is 0 Å². The lowest BCUT2D eigenvalue weighted by Gasteiger charge is -2.67. The Bertz CT molecular complexity index is 1600. The summed E-state index contributed by atoms with van der Waals surface area (Å²) in [6.07, 6.45) is 29.3. The predicted octanol–water partition coefficient (Wildman–Crippen LogP) is 10.7. The van der Waals surface area contributed by atoms with Crippen molar-refractivity contribution >= 4 is 26.5 Å². The van der Waals surface area contributed by atoms with Gasteiger partial charge in [0.05, 0.1) is 0 Å². The number of aromatic nitrogens is 2. The first kappa shape index (κ1) is 30.4. The number of rotatable bonds is 9. The van der Waals surface area contributed by atoms with Gasteiger partial charge in [-0.05, 0) is 182 Å². The summed E-state index contributed by atoms with van der Waals surface area (Å²) in [6.45, 7) is 0. The molecule has 2 aromatic heterocycles. The van der Waals surface area contributed by atoms with E-state index in [2.05, 4.69) is 95.2 Å². The third-order valence-electron chi connectivity index (χ3n) is 14.0. The molecule has 0 aliphatic heterocycles. The summed E-state index contributed by atoms with van der Waals surface area (Å²) >= 11 is 0. The first-order valence-corrected chi connectivity index (χ1v) is 22.2. The Hall–Kier alpha value is -2.40. The Labute approximate surface area is 290 Å². The molecule has 4 aromatic rings. The molecule has 2 aromatic carbocycles. The smallest absolute Gasteiger partial charge is 0.0348 e. The Morgan fingerprint density at radius 2 is 1.00 bits per heavy atom. The van der Waals surface area contributed by atoms with Gasteiger partial charge in [0.25, 0.3) is 0 Å². The third kappa shape index (κ3) is 5.44. The molecule has 8 aliphatic carbocycles. The van der Waals surface area contributed by atoms with Crippen molar-refractivity contribution in [3.8, 4) is 11.1 Å². The van der Waals surface area contributed by atoms with Gasteiger partial charge >= 0.3 is 0 Å². The quantitative estimate of drug-likeness (QED) is 0.166. The molecule has 48 heavy (non-hydrogen) atoms. The standard InChI is InChI=1S/C44H50N2P2/c1-2-6-37(7-3-1)38-10-11-39(40(20-38)29-47(41-8-4-12-45-27-41)42-9-5-13-46-28-42)30-48(43-21-31-14-32(22-43)16-33(15-31)23-43)44-24-34-17-35(25-44)19-36(18-34)26-44/h1-13,20,27-28,31-36H,14-19,21-26,29-30H2. The van der Waals surface area contributed by atoms with Crippen molar-refractivity contribution in [1.29, 1.82) is 0 Å². The SMILES string of the molecule is c1ccc(-c2ccc(CP(C34CC5CC(CC(C5)C3)C4)C34CC5CC(CC(C5)C3)C4)c(CP(c3cccnc3)c3cccnc3)c2)cc1. The number of hydrogen-bond donors (Lipinski definition) is 0. The van der Waals surface area contributed by atoms with Gasteiger partial charge in [-0.15, -0.1) is 0 Å². The zero-order valence-electron chi connectivity index (χ0n) is 28.4. The maximum absolute atomic E-state index is 4.62. The fourth-order valence-electron chi connectivity index (χ4n) is 13.1. The van der Waals surface area contributed by atoms with Crippen LogP contribution in [0.3, 0.4) is 0 Å². The molecule has 0 saturated heterocycles. The third-order valence-corrected chi connectivity index (χ3v) is 20.5. The van der Waals surface area contributed by atoms with Crippen LogP contribution in [0.2, 0.25) is 0 Å². The molecule has 246 valence electrons. The van der Waals surface area contributed by atoms with E-state index in [4.69, 9.17) is 0 Å². The minimum atomic E-state index is -0.622. The Kier molecular flexibility index (Phi) is 7.69. The van der Waals surface area contributed by atoms with Crippen molar-refractivity contribution < 1.29 is 0 Å². The van der Waals surface area contributed by atoms with Crippen molar-refractivity contribution in [3.63, 3.8) is 0 Å². The second-order valence-corrected chi connectivity index (χ2v) is 22.5. The molecule has 8 saturated carbocycles. The Morgan fingerprint density at radius 3 is 1.46 bits per heavy atom. The molecule has 8 fully saturated rings. The maximum atomic E-state index is 4.62. The molecular weight excluding hydrogens is 618 g/mol. The van der Waals surface area contributed by atoms with E-state index in [0.29, 0.717) is 10.3 Å². The molecule has 4 heteroatoms. The van der Waals surface area contributed by atoms with Crippen molar-refractivity contribution in [3.05, 3.63) is 109 Å². The van der Waals surface area contributed by atoms with Gasteiger partial charge in [-0.3, -0.25) is 9.97 Å². The molecule has 0 amide bonds. The van der Waals surface area contributed by atoms with Crippen LogP contribution >= 0.6 is 15.8 Å². The van der Waals surface area contributed by atoms with Crippen LogP contribution in [-0.2, 0) is 12.3 Å². The van der Waals surface area contributed by atoms with E-state index in [9.17, 15) is 0 Å². The highest BCUT2D eigenvalue weighted by atomic mass is 31.1. The van der Waals surface area contributed by atoms with E-state index in [1.807, 2.05) is 12.4 Å². The number of nitrogens with zero attached hydrogens (tertiary/aromatic N) is 2. The summed E-state index contributed by atoms with van der Waals surface area (Å²) in [5, 5.41) is 4.01. The van der Waals surface area contributed by atoms with Gasteiger partial charge in [0, 0.05) is 30.9 Å². The van der Waals surface area contributed by atoms with Gasteiger partial charge in [0.15, 0.2) is 0 Å². The molecular formula is C44H50N2P2. The van der Waals surface area contributed by atoms with Crippen LogP contribution in [0.4, 0.5) is 0 Å². The predicted molar refractivity (Wildman–Crippen MR) is 203 cm³/mol. The molecule has 8 bridgehead atoms. The van der Waals surface area contributed by atoms with Gasteiger partial charge in [-0.1, -0.05) is 68.6 Å². The summed E-state index contributed by atoms with van der Waals surface area (Å²) in [5.74, 6) is 6.16. The molecule has 0 unspecified atom stereocenters. The highest BCUT2D eigenvalue weighted by Gasteiger charge is 2.62. The molecule has 0 atom stereocenters. The van der Waals surface area contributed by atoms with Crippen LogP contribution in [0.15, 0.2) is 97.6 Å². The summed E-state index contributed by atoms with van der Waals surface area (Å²) in [4.78, 5) is 9.24. The van der Waals surface area contributed by atoms with Crippen LogP contribution < -0.4 is 10.6 Å². The lowest BCUT2D eigenvalue weighted by atomic mass is 9.55. The summed E-state index contributed by atoms with van der Waals surface area (Å²) in [7, 11) is -0.738. The van der Waals surface area contributed by atoms with Crippen LogP contribution in [-0.4, -0.2) is 20.3 Å². The molecule has 2 nitrogen and oxygen atoms in total. The Morgan fingerprint density at radius 1 is 0.500 bits per heavy atom. The fourth-order valence-corrected chi connectivity index (χ4v) is 20.5. The molecule has 0 spiro atoms. The minimum absolute atomic E-state index is 0.116. The van der Waals surface area contributed by atoms with E-state index in [0.717, 1.165) is 41.7 Å². The summed E-state index contributed by atoms with van der Waals surface area (Å²) in [6, 6.07) is 27.7. The van der Waals surface area contributed by atoms with Crippen molar-refractivity contribution in [1.82, 2.24) is 9.97 Å². The largest absolute Gasteiger partial charge is 0.264 e. The topological polar surface area (TPSA) is 25.8 Å². The van der Waals surface area contributed by atoms with E-state index in [1.54, 1.807) is 88.2 Å². The van der Waals surface area contributed by atoms with E-state index in [1.165, 1.54) is 27.9 Å². The molecule has 8 aliphatic rings. The second kappa shape index (κ2) is 12.1. The van der Waals surface area contributed by atoms with Crippen molar-refractivity contribution in [2.24, 2.45) is 35.5 Å². The first-order valence-electron chi connectivity index (χ1n) is 19.1. The number of benzene rings is 2. The monoisotopic (exact) mass is 668 g/mol. The maximum Gasteiger partial charge on any atom is 0.0348 e. The first-order chi connectivity index (χ1) is 23.6. The van der Waals surface area contributed by atoms with Crippen LogP contribution in [0, 0.1) is 35.5 Å². The number of hydrogen-bond acceptors (Lipinski definition) is 2. The molecule has 0 radical (unpaired) electrons. The lowest BCUT2D eigenvalue weighted by molar-refractivity contribution is 0.0184. The second-order valence-electron chi connectivity index (χ2n) is 17.2. The van der Waals surface area contributed by atoms with Crippen LogP contribution in [0.5, 0.6) is 0 Å². The fraction of sp³-hybridized carbons (Fsp3) is 0.500. The summed E-state index contributed by atoms with van der Waals surface area (Å²) < 4.78 is 0. The van der Waals surface area contributed by atoms with Crippen molar-refractivity contribution in [2.45, 2.75) is 99.7 Å². The van der Waals surface area contributed by atoms with E-state index in [-0.39, 0.29) is 7.92 Å². The zero-order chi connectivity index (χ0) is 31.7. The van der Waals surface area contributed by atoms with Crippen LogP contribution in [0.25, 0.3) is 11.1 Å². The highest BCUT2D eigenvalue weighted by Crippen LogP contribution is 2.79. The average Bonchev–Trinajstić information content (AvgIpc) is 3.10. The highest BCUT2D eigenvalue weighted by molar-refractivity contribution is 7.72. The van der Waals surface area contributed by atoms with Crippen molar-refractivity contribution in [2.75, 3.05) is 0 Å². The van der Waals surface area contributed by atoms with Gasteiger partial charge < -0.3 is 0 Å². The van der Waals surface area contributed by atoms with Crippen LogP contribution in [0.1, 0.15) is 88.2 Å². The minimum Gasteiger partial charge on any atom is -0.264 e. The normalized spacial score (nSPS) is 34.9. The zero-order valence-corrected chi connectivity index (χ0v) is 30.2. The molecule has 2 heterocycles. The molecule has 12 rings (SSSR count). The lowest BCUT2D eigenvalue weighted by Crippen LogP contribution is -2.56. The van der Waals surface area contributed by atoms with Gasteiger partial charge in [0.2, 0.25) is 0 Å². The average molecular weight is 669 g/mol. The number of pyridine rings is 2. The van der Waals surface area contributed by atoms with E-state index < -0.39 is 7.92 Å². The molecule has 0 N–H and O–H groups in total. The van der Waals surface area contributed by atoms with E-state index >= 15 is 0 Å².